The molecule has 0 unspecified atom stereocenters. The topological polar surface area (TPSA) is 53.0 Å². The highest BCUT2D eigenvalue weighted by molar-refractivity contribution is 5.97. The van der Waals surface area contributed by atoms with Gasteiger partial charge in [-0.05, 0) is 31.2 Å². The van der Waals surface area contributed by atoms with Crippen LogP contribution in [0.4, 0.5) is 10.1 Å². The summed E-state index contributed by atoms with van der Waals surface area (Å²) in [5.41, 5.74) is 1.54. The number of hydrogen-bond donors (Lipinski definition) is 1. The highest BCUT2D eigenvalue weighted by Gasteiger charge is 2.22. The molecule has 26 heavy (non-hydrogen) atoms. The van der Waals surface area contributed by atoms with Crippen LogP contribution in [0.2, 0.25) is 0 Å². The Morgan fingerprint density at radius 1 is 1.19 bits per heavy atom. The number of piperazine rings is 1. The van der Waals surface area contributed by atoms with Crippen LogP contribution in [-0.4, -0.2) is 49.1 Å². The maximum Gasteiger partial charge on any atom is 0.163 e. The molecule has 0 aliphatic carbocycles. The van der Waals surface area contributed by atoms with Crippen molar-refractivity contribution in [3.05, 3.63) is 53.3 Å². The highest BCUT2D eigenvalue weighted by Crippen LogP contribution is 2.30. The second kappa shape index (κ2) is 7.74. The van der Waals surface area contributed by atoms with Crippen molar-refractivity contribution in [2.24, 2.45) is 0 Å². The Morgan fingerprint density at radius 3 is 2.54 bits per heavy atom. The number of Topliss-reactive ketones (excluding diaryl/α,β-unsaturated/α-hetero) is 1. The standard InChI is InChI=1S/C20H23FN2O3/c1-14(24)17-12-16(21)11-15(20(17)25)13-22-7-9-23(10-8-22)18-5-3-4-6-19(18)26-2/h3-6,11-12,25H,7-10,13H2,1-2H3. The largest absolute Gasteiger partial charge is 0.507 e. The number of methoxy groups -OCH3 is 1. The number of aromatic hydroxyl groups is 1. The molecule has 0 bridgehead atoms. The first-order chi connectivity index (χ1) is 12.5. The lowest BCUT2D eigenvalue weighted by Gasteiger charge is -2.36. The summed E-state index contributed by atoms with van der Waals surface area (Å²) in [4.78, 5) is 16.0. The molecule has 138 valence electrons. The third-order valence-corrected chi connectivity index (χ3v) is 4.73. The number of ketones is 1. The van der Waals surface area contributed by atoms with Crippen molar-refractivity contribution in [3.8, 4) is 11.5 Å². The number of carbonyl (C=O) groups excluding carboxylic acids is 1. The zero-order valence-corrected chi connectivity index (χ0v) is 15.0. The zero-order valence-electron chi connectivity index (χ0n) is 15.0. The number of carbonyl (C=O) groups is 1. The van der Waals surface area contributed by atoms with E-state index in [1.54, 1.807) is 7.11 Å². The number of ether oxygens (including phenoxy) is 1. The summed E-state index contributed by atoms with van der Waals surface area (Å²) in [5.74, 6) is -0.124. The van der Waals surface area contributed by atoms with Gasteiger partial charge in [0.1, 0.15) is 17.3 Å². The van der Waals surface area contributed by atoms with E-state index in [-0.39, 0.29) is 17.1 Å². The summed E-state index contributed by atoms with van der Waals surface area (Å²) in [6, 6.07) is 10.3. The Hall–Kier alpha value is -2.60. The van der Waals surface area contributed by atoms with Gasteiger partial charge in [-0.25, -0.2) is 4.39 Å². The minimum atomic E-state index is -0.504. The number of para-hydroxylation sites is 2. The zero-order chi connectivity index (χ0) is 18.7. The van der Waals surface area contributed by atoms with Gasteiger partial charge in [-0.3, -0.25) is 9.69 Å². The monoisotopic (exact) mass is 358 g/mol. The van der Waals surface area contributed by atoms with Crippen LogP contribution in [0.15, 0.2) is 36.4 Å². The Morgan fingerprint density at radius 2 is 1.88 bits per heavy atom. The molecular formula is C20H23FN2O3. The Balaban J connectivity index is 1.69. The van der Waals surface area contributed by atoms with Crippen LogP contribution < -0.4 is 9.64 Å². The van der Waals surface area contributed by atoms with Gasteiger partial charge in [-0.15, -0.1) is 0 Å². The van der Waals surface area contributed by atoms with Gasteiger partial charge in [0, 0.05) is 38.3 Å². The summed E-state index contributed by atoms with van der Waals surface area (Å²) in [5, 5.41) is 10.3. The molecule has 1 fully saturated rings. The second-order valence-electron chi connectivity index (χ2n) is 6.45. The van der Waals surface area contributed by atoms with Crippen LogP contribution in [0.3, 0.4) is 0 Å². The van der Waals surface area contributed by atoms with Gasteiger partial charge in [0.05, 0.1) is 18.4 Å². The third-order valence-electron chi connectivity index (χ3n) is 4.73. The lowest BCUT2D eigenvalue weighted by Crippen LogP contribution is -2.46. The molecule has 6 heteroatoms. The normalized spacial score (nSPS) is 15.1. The van der Waals surface area contributed by atoms with Gasteiger partial charge >= 0.3 is 0 Å². The van der Waals surface area contributed by atoms with E-state index in [9.17, 15) is 14.3 Å². The number of benzene rings is 2. The van der Waals surface area contributed by atoms with Crippen LogP contribution in [0, 0.1) is 5.82 Å². The van der Waals surface area contributed by atoms with Crippen LogP contribution in [0.5, 0.6) is 11.5 Å². The molecule has 0 spiro atoms. The number of hydrogen-bond acceptors (Lipinski definition) is 5. The molecule has 0 atom stereocenters. The van der Waals surface area contributed by atoms with Crippen molar-refractivity contribution < 1.29 is 19.0 Å². The summed E-state index contributed by atoms with van der Waals surface area (Å²) in [6.45, 7) is 4.87. The fraction of sp³-hybridized carbons (Fsp3) is 0.350. The van der Waals surface area contributed by atoms with Crippen LogP contribution >= 0.6 is 0 Å². The van der Waals surface area contributed by atoms with E-state index in [1.807, 2.05) is 24.3 Å². The molecule has 3 rings (SSSR count). The Kier molecular flexibility index (Phi) is 5.42. The lowest BCUT2D eigenvalue weighted by molar-refractivity contribution is 0.101. The van der Waals surface area contributed by atoms with E-state index in [0.29, 0.717) is 12.1 Å². The van der Waals surface area contributed by atoms with Gasteiger partial charge in [0.25, 0.3) is 0 Å². The first-order valence-electron chi connectivity index (χ1n) is 8.62. The quantitative estimate of drug-likeness (QED) is 0.833. The molecular weight excluding hydrogens is 335 g/mol. The smallest absolute Gasteiger partial charge is 0.163 e. The Bertz CT molecular complexity index is 802. The summed E-state index contributed by atoms with van der Waals surface area (Å²) in [7, 11) is 1.66. The van der Waals surface area contributed by atoms with E-state index >= 15 is 0 Å². The van der Waals surface area contributed by atoms with E-state index in [0.717, 1.165) is 43.7 Å². The molecule has 0 saturated carbocycles. The van der Waals surface area contributed by atoms with Gasteiger partial charge < -0.3 is 14.7 Å². The molecule has 0 amide bonds. The van der Waals surface area contributed by atoms with Crippen LogP contribution in [0.25, 0.3) is 0 Å². The molecule has 1 N–H and O–H groups in total. The first kappa shape index (κ1) is 18.2. The van der Waals surface area contributed by atoms with Crippen molar-refractivity contribution in [1.29, 1.82) is 0 Å². The summed E-state index contributed by atoms with van der Waals surface area (Å²) in [6.07, 6.45) is 0. The number of halogens is 1. The van der Waals surface area contributed by atoms with E-state index in [2.05, 4.69) is 9.80 Å². The molecule has 2 aromatic rings. The molecule has 1 heterocycles. The fourth-order valence-electron chi connectivity index (χ4n) is 3.32. The number of anilines is 1. The van der Waals surface area contributed by atoms with E-state index in [1.165, 1.54) is 13.0 Å². The average Bonchev–Trinajstić information content (AvgIpc) is 2.64. The predicted molar refractivity (Wildman–Crippen MR) is 98.6 cm³/mol. The first-order valence-corrected chi connectivity index (χ1v) is 8.62. The molecule has 5 nitrogen and oxygen atoms in total. The molecule has 0 radical (unpaired) electrons. The van der Waals surface area contributed by atoms with Crippen molar-refractivity contribution >= 4 is 11.5 Å². The number of nitrogens with zero attached hydrogens (tertiary/aromatic N) is 2. The maximum atomic E-state index is 13.8. The van der Waals surface area contributed by atoms with Crippen molar-refractivity contribution in [3.63, 3.8) is 0 Å². The minimum absolute atomic E-state index is 0.0349. The number of phenols is 1. The third kappa shape index (κ3) is 3.80. The SMILES string of the molecule is COc1ccccc1N1CCN(Cc2cc(F)cc(C(C)=O)c2O)CC1. The fourth-order valence-corrected chi connectivity index (χ4v) is 3.32. The van der Waals surface area contributed by atoms with Gasteiger partial charge in [-0.1, -0.05) is 12.1 Å². The predicted octanol–water partition coefficient (Wildman–Crippen LogP) is 3.06. The number of phenolic OH excluding ortho intramolecular Hbond substituents is 1. The van der Waals surface area contributed by atoms with Gasteiger partial charge in [-0.2, -0.15) is 0 Å². The van der Waals surface area contributed by atoms with Crippen LogP contribution in [-0.2, 0) is 6.54 Å². The number of rotatable bonds is 5. The molecule has 2 aromatic carbocycles. The van der Waals surface area contributed by atoms with E-state index < -0.39 is 5.82 Å². The summed E-state index contributed by atoms with van der Waals surface area (Å²) < 4.78 is 19.2. The Labute approximate surface area is 152 Å². The molecule has 1 aliphatic rings. The minimum Gasteiger partial charge on any atom is -0.507 e. The lowest BCUT2D eigenvalue weighted by atomic mass is 10.0. The molecule has 1 aliphatic heterocycles. The highest BCUT2D eigenvalue weighted by atomic mass is 19.1. The van der Waals surface area contributed by atoms with Crippen molar-refractivity contribution in [2.75, 3.05) is 38.2 Å². The van der Waals surface area contributed by atoms with Gasteiger partial charge in [0.2, 0.25) is 0 Å². The molecule has 0 aromatic heterocycles. The maximum absolute atomic E-state index is 13.8. The van der Waals surface area contributed by atoms with Gasteiger partial charge in [0.15, 0.2) is 5.78 Å². The molecule has 1 saturated heterocycles. The second-order valence-corrected chi connectivity index (χ2v) is 6.45. The van der Waals surface area contributed by atoms with Crippen LogP contribution in [0.1, 0.15) is 22.8 Å². The van der Waals surface area contributed by atoms with E-state index in [4.69, 9.17) is 4.74 Å². The average molecular weight is 358 g/mol. The van der Waals surface area contributed by atoms with Crippen molar-refractivity contribution in [2.45, 2.75) is 13.5 Å². The summed E-state index contributed by atoms with van der Waals surface area (Å²) >= 11 is 0. The van der Waals surface area contributed by atoms with Crippen molar-refractivity contribution in [1.82, 2.24) is 4.90 Å².